The highest BCUT2D eigenvalue weighted by Crippen LogP contribution is 2.41. The van der Waals surface area contributed by atoms with Gasteiger partial charge in [0.1, 0.15) is 11.3 Å². The van der Waals surface area contributed by atoms with Crippen molar-refractivity contribution < 1.29 is 13.9 Å². The van der Waals surface area contributed by atoms with E-state index < -0.39 is 0 Å². The van der Waals surface area contributed by atoms with E-state index in [9.17, 15) is 4.79 Å². The minimum Gasteiger partial charge on any atom is -0.496 e. The van der Waals surface area contributed by atoms with E-state index >= 15 is 0 Å². The number of hydrogen-bond acceptors (Lipinski definition) is 3. The highest BCUT2D eigenvalue weighted by atomic mass is 35.5. The lowest BCUT2D eigenvalue weighted by atomic mass is 9.94. The highest BCUT2D eigenvalue weighted by Gasteiger charge is 2.19. The first kappa shape index (κ1) is 23.9. The Bertz CT molecular complexity index is 1450. The molecular formula is C28H25Cl2NO3. The molecule has 0 atom stereocenters. The van der Waals surface area contributed by atoms with Crippen molar-refractivity contribution >= 4 is 51.3 Å². The van der Waals surface area contributed by atoms with Gasteiger partial charge in [0.15, 0.2) is 0 Å². The number of carbonyl (C=O) groups is 1. The lowest BCUT2D eigenvalue weighted by Crippen LogP contribution is -2.09. The van der Waals surface area contributed by atoms with Crippen LogP contribution in [0.15, 0.2) is 59.2 Å². The summed E-state index contributed by atoms with van der Waals surface area (Å²) in [6.45, 7) is 8.00. The number of methoxy groups -OCH3 is 1. The number of fused-ring (bicyclic) bond motifs is 1. The number of aryl methyl sites for hydroxylation is 3. The molecule has 4 nitrogen and oxygen atoms in total. The summed E-state index contributed by atoms with van der Waals surface area (Å²) in [5.74, 6) is 0.347. The van der Waals surface area contributed by atoms with E-state index in [4.69, 9.17) is 32.4 Å². The van der Waals surface area contributed by atoms with Gasteiger partial charge in [0.05, 0.1) is 24.1 Å². The van der Waals surface area contributed by atoms with Crippen molar-refractivity contribution in [1.82, 2.24) is 0 Å². The fourth-order valence-electron chi connectivity index (χ4n) is 4.23. The van der Waals surface area contributed by atoms with Gasteiger partial charge in [-0.15, -0.1) is 0 Å². The number of amides is 1. The van der Waals surface area contributed by atoms with Crippen LogP contribution in [0.5, 0.6) is 5.75 Å². The fourth-order valence-corrected chi connectivity index (χ4v) is 4.57. The van der Waals surface area contributed by atoms with Crippen molar-refractivity contribution in [2.24, 2.45) is 0 Å². The Kier molecular flexibility index (Phi) is 6.74. The second kappa shape index (κ2) is 9.57. The van der Waals surface area contributed by atoms with Gasteiger partial charge in [0, 0.05) is 33.2 Å². The number of halogens is 2. The molecule has 0 aliphatic rings. The zero-order chi connectivity index (χ0) is 24.6. The molecule has 3 aromatic carbocycles. The van der Waals surface area contributed by atoms with E-state index in [1.54, 1.807) is 31.6 Å². The van der Waals surface area contributed by atoms with Crippen LogP contribution in [-0.2, 0) is 4.79 Å². The van der Waals surface area contributed by atoms with Crippen LogP contribution in [0.3, 0.4) is 0 Å². The average molecular weight is 494 g/mol. The van der Waals surface area contributed by atoms with Crippen molar-refractivity contribution in [2.45, 2.75) is 27.7 Å². The second-order valence-electron chi connectivity index (χ2n) is 8.37. The van der Waals surface area contributed by atoms with Crippen molar-refractivity contribution in [3.05, 3.63) is 87.1 Å². The van der Waals surface area contributed by atoms with E-state index in [0.717, 1.165) is 38.8 Å². The topological polar surface area (TPSA) is 51.5 Å². The van der Waals surface area contributed by atoms with E-state index in [-0.39, 0.29) is 5.91 Å². The number of benzene rings is 3. The minimum absolute atomic E-state index is 0.316. The Morgan fingerprint density at radius 3 is 2.50 bits per heavy atom. The van der Waals surface area contributed by atoms with Crippen LogP contribution in [-0.4, -0.2) is 13.0 Å². The average Bonchev–Trinajstić information content (AvgIpc) is 3.20. The minimum atomic E-state index is -0.316. The van der Waals surface area contributed by atoms with Gasteiger partial charge in [0.2, 0.25) is 5.91 Å². The largest absolute Gasteiger partial charge is 0.496 e. The highest BCUT2D eigenvalue weighted by molar-refractivity contribution is 6.35. The summed E-state index contributed by atoms with van der Waals surface area (Å²) < 4.78 is 11.7. The first-order valence-corrected chi connectivity index (χ1v) is 11.6. The van der Waals surface area contributed by atoms with E-state index in [1.807, 2.05) is 19.9 Å². The molecule has 0 saturated carbocycles. The van der Waals surface area contributed by atoms with Crippen LogP contribution in [0.2, 0.25) is 10.0 Å². The molecule has 0 bridgehead atoms. The van der Waals surface area contributed by atoms with Gasteiger partial charge >= 0.3 is 0 Å². The van der Waals surface area contributed by atoms with Gasteiger partial charge in [-0.3, -0.25) is 4.79 Å². The number of ether oxygens (including phenoxy) is 1. The quantitative estimate of drug-likeness (QED) is 0.284. The Hall–Kier alpha value is -3.21. The number of rotatable bonds is 5. The summed E-state index contributed by atoms with van der Waals surface area (Å²) in [6, 6.07) is 13.3. The van der Waals surface area contributed by atoms with Crippen LogP contribution in [0.1, 0.15) is 29.2 Å². The lowest BCUT2D eigenvalue weighted by Gasteiger charge is -2.14. The van der Waals surface area contributed by atoms with Crippen LogP contribution >= 0.6 is 23.2 Å². The Balaban J connectivity index is 1.79. The molecule has 0 spiro atoms. The summed E-state index contributed by atoms with van der Waals surface area (Å²) in [7, 11) is 1.62. The molecule has 4 rings (SSSR count). The predicted octanol–water partition coefficient (Wildman–Crippen LogP) is 8.38. The Morgan fingerprint density at radius 1 is 1.03 bits per heavy atom. The molecule has 0 aliphatic carbocycles. The van der Waals surface area contributed by atoms with Gasteiger partial charge in [-0.2, -0.15) is 0 Å². The predicted molar refractivity (Wildman–Crippen MR) is 141 cm³/mol. The number of anilines is 1. The molecule has 4 aromatic rings. The smallest absolute Gasteiger partial charge is 0.248 e. The number of furan rings is 1. The zero-order valence-electron chi connectivity index (χ0n) is 19.7. The van der Waals surface area contributed by atoms with Gasteiger partial charge in [-0.25, -0.2) is 0 Å². The van der Waals surface area contributed by atoms with Gasteiger partial charge in [-0.1, -0.05) is 47.0 Å². The maximum absolute atomic E-state index is 12.8. The molecule has 0 fully saturated rings. The molecule has 34 heavy (non-hydrogen) atoms. The number of carbonyl (C=O) groups excluding carboxylic acids is 1. The van der Waals surface area contributed by atoms with Crippen LogP contribution in [0, 0.1) is 20.8 Å². The van der Waals surface area contributed by atoms with E-state index in [0.29, 0.717) is 21.5 Å². The maximum Gasteiger partial charge on any atom is 0.248 e. The van der Waals surface area contributed by atoms with E-state index in [1.165, 1.54) is 17.2 Å². The molecular weight excluding hydrogens is 469 g/mol. The van der Waals surface area contributed by atoms with Crippen molar-refractivity contribution in [3.8, 4) is 16.9 Å². The number of nitrogens with one attached hydrogen (secondary N) is 1. The molecule has 1 amide bonds. The molecule has 1 N–H and O–H groups in total. The molecule has 0 saturated heterocycles. The van der Waals surface area contributed by atoms with Gasteiger partial charge < -0.3 is 14.5 Å². The summed E-state index contributed by atoms with van der Waals surface area (Å²) in [5.41, 5.74) is 8.12. The standard InChI is InChI=1S/C28H25Cl2NO3/c1-15-6-8-20(16(2)10-15)23-14-34-28-18(4)27(33-5)21(13-22(23)28)17(3)11-26(32)31-25-12-19(29)7-9-24(25)30/h6-14H,1-5H3,(H,31,32)/b17-11+. The molecule has 0 aliphatic heterocycles. The third kappa shape index (κ3) is 4.56. The van der Waals surface area contributed by atoms with Crippen LogP contribution in [0.4, 0.5) is 5.69 Å². The van der Waals surface area contributed by atoms with Gasteiger partial charge in [0.25, 0.3) is 0 Å². The first-order chi connectivity index (χ1) is 16.2. The van der Waals surface area contributed by atoms with Crippen molar-refractivity contribution in [2.75, 3.05) is 12.4 Å². The molecule has 6 heteroatoms. The van der Waals surface area contributed by atoms with Crippen LogP contribution < -0.4 is 10.1 Å². The maximum atomic E-state index is 12.8. The van der Waals surface area contributed by atoms with Gasteiger partial charge in [-0.05, 0) is 68.7 Å². The van der Waals surface area contributed by atoms with Crippen molar-refractivity contribution in [1.29, 1.82) is 0 Å². The van der Waals surface area contributed by atoms with Crippen LogP contribution in [0.25, 0.3) is 27.7 Å². The fraction of sp³-hybridized carbons (Fsp3) is 0.179. The summed E-state index contributed by atoms with van der Waals surface area (Å²) in [4.78, 5) is 12.8. The third-order valence-corrected chi connectivity index (χ3v) is 6.44. The molecule has 174 valence electrons. The first-order valence-electron chi connectivity index (χ1n) is 10.8. The summed E-state index contributed by atoms with van der Waals surface area (Å²) >= 11 is 12.2. The summed E-state index contributed by atoms with van der Waals surface area (Å²) in [5, 5.41) is 4.66. The normalized spacial score (nSPS) is 11.7. The monoisotopic (exact) mass is 493 g/mol. The second-order valence-corrected chi connectivity index (χ2v) is 9.21. The third-order valence-electron chi connectivity index (χ3n) is 5.88. The Morgan fingerprint density at radius 2 is 1.79 bits per heavy atom. The molecule has 0 radical (unpaired) electrons. The molecule has 0 unspecified atom stereocenters. The van der Waals surface area contributed by atoms with Crippen molar-refractivity contribution in [3.63, 3.8) is 0 Å². The molecule has 1 heterocycles. The Labute approximate surface area is 209 Å². The summed E-state index contributed by atoms with van der Waals surface area (Å²) in [6.07, 6.45) is 3.31. The number of allylic oxidation sites excluding steroid dienone is 1. The lowest BCUT2D eigenvalue weighted by molar-refractivity contribution is -0.111. The number of hydrogen-bond donors (Lipinski definition) is 1. The SMILES string of the molecule is COc1c(/C(C)=C/C(=O)Nc2cc(Cl)ccc2Cl)cc2c(-c3ccc(C)cc3C)coc2c1C. The van der Waals surface area contributed by atoms with E-state index in [2.05, 4.69) is 37.4 Å². The zero-order valence-corrected chi connectivity index (χ0v) is 21.2. The molecule has 1 aromatic heterocycles.